The Labute approximate surface area is 134 Å². The summed E-state index contributed by atoms with van der Waals surface area (Å²) in [7, 11) is 0. The summed E-state index contributed by atoms with van der Waals surface area (Å²) in [6.45, 7) is 1.25. The van der Waals surface area contributed by atoms with Crippen molar-refractivity contribution in [3.8, 4) is 0 Å². The number of pyridine rings is 1. The van der Waals surface area contributed by atoms with Gasteiger partial charge in [-0.15, -0.1) is 0 Å². The SMILES string of the molecule is Fc1c(Cl)ncc2c(N3CCOC[C@H]4[C@H](F)[C@H]43)nc(Cl)nc12. The third kappa shape index (κ3) is 2.11. The summed E-state index contributed by atoms with van der Waals surface area (Å²) in [4.78, 5) is 13.6. The van der Waals surface area contributed by atoms with E-state index in [0.29, 0.717) is 31.0 Å². The second-order valence-corrected chi connectivity index (χ2v) is 6.00. The zero-order chi connectivity index (χ0) is 15.4. The first kappa shape index (κ1) is 14.3. The molecule has 22 heavy (non-hydrogen) atoms. The number of fused-ring (bicyclic) bond motifs is 2. The molecule has 1 saturated heterocycles. The van der Waals surface area contributed by atoms with E-state index >= 15 is 0 Å². The first-order chi connectivity index (χ1) is 10.6. The lowest BCUT2D eigenvalue weighted by atomic mass is 10.2. The molecule has 0 unspecified atom stereocenters. The average molecular weight is 347 g/mol. The topological polar surface area (TPSA) is 51.1 Å². The Morgan fingerprint density at radius 2 is 2.14 bits per heavy atom. The second kappa shape index (κ2) is 5.11. The molecule has 2 aromatic heterocycles. The molecule has 9 heteroatoms. The molecular formula is C13H10Cl2F2N4O. The van der Waals surface area contributed by atoms with E-state index in [9.17, 15) is 8.78 Å². The van der Waals surface area contributed by atoms with Gasteiger partial charge < -0.3 is 9.64 Å². The highest BCUT2D eigenvalue weighted by Gasteiger charge is 2.56. The minimum atomic E-state index is -0.991. The quantitative estimate of drug-likeness (QED) is 0.586. The summed E-state index contributed by atoms with van der Waals surface area (Å²) < 4.78 is 33.4. The molecular weight excluding hydrogens is 337 g/mol. The van der Waals surface area contributed by atoms with Crippen molar-refractivity contribution in [1.29, 1.82) is 0 Å². The van der Waals surface area contributed by atoms with E-state index in [0.717, 1.165) is 0 Å². The van der Waals surface area contributed by atoms with E-state index in [2.05, 4.69) is 15.0 Å². The lowest BCUT2D eigenvalue weighted by Gasteiger charge is -2.23. The van der Waals surface area contributed by atoms with Crippen LogP contribution in [0.1, 0.15) is 0 Å². The van der Waals surface area contributed by atoms with Crippen molar-refractivity contribution in [1.82, 2.24) is 15.0 Å². The highest BCUT2D eigenvalue weighted by atomic mass is 35.5. The number of hydrogen-bond donors (Lipinski definition) is 0. The van der Waals surface area contributed by atoms with E-state index in [1.165, 1.54) is 6.20 Å². The van der Waals surface area contributed by atoms with Gasteiger partial charge in [0.25, 0.3) is 0 Å². The fraction of sp³-hybridized carbons (Fsp3) is 0.462. The third-order valence-corrected chi connectivity index (χ3v) is 4.48. The third-order valence-electron chi connectivity index (χ3n) is 4.05. The Morgan fingerprint density at radius 1 is 1.32 bits per heavy atom. The number of ether oxygens (including phenoxy) is 1. The van der Waals surface area contributed by atoms with Crippen molar-refractivity contribution in [2.45, 2.75) is 12.2 Å². The van der Waals surface area contributed by atoms with Crippen LogP contribution in [0.4, 0.5) is 14.6 Å². The summed E-state index contributed by atoms with van der Waals surface area (Å²) in [6, 6.07) is -0.338. The molecule has 0 amide bonds. The average Bonchev–Trinajstić information content (AvgIpc) is 3.18. The molecule has 116 valence electrons. The van der Waals surface area contributed by atoms with Crippen LogP contribution >= 0.6 is 23.2 Å². The molecule has 3 atom stereocenters. The Morgan fingerprint density at radius 3 is 2.95 bits per heavy atom. The lowest BCUT2D eigenvalue weighted by Crippen LogP contribution is -2.31. The minimum absolute atomic E-state index is 0.0206. The van der Waals surface area contributed by atoms with Gasteiger partial charge in [-0.2, -0.15) is 4.98 Å². The summed E-state index contributed by atoms with van der Waals surface area (Å²) in [5.74, 6) is -0.602. The molecule has 5 nitrogen and oxygen atoms in total. The summed E-state index contributed by atoms with van der Waals surface area (Å²) in [5.41, 5.74) is -0.0206. The minimum Gasteiger partial charge on any atom is -0.379 e. The first-order valence-corrected chi connectivity index (χ1v) is 7.49. The molecule has 1 saturated carbocycles. The Balaban J connectivity index is 1.89. The van der Waals surface area contributed by atoms with Crippen LogP contribution in [0, 0.1) is 11.7 Å². The molecule has 2 fully saturated rings. The van der Waals surface area contributed by atoms with Gasteiger partial charge in [0.15, 0.2) is 11.0 Å². The zero-order valence-electron chi connectivity index (χ0n) is 11.1. The van der Waals surface area contributed by atoms with Crippen molar-refractivity contribution in [3.63, 3.8) is 0 Å². The molecule has 0 N–H and O–H groups in total. The van der Waals surface area contributed by atoms with E-state index in [1.807, 2.05) is 0 Å². The van der Waals surface area contributed by atoms with Crippen LogP contribution in [-0.4, -0.2) is 46.9 Å². The molecule has 2 aromatic rings. The summed E-state index contributed by atoms with van der Waals surface area (Å²) >= 11 is 11.6. The second-order valence-electron chi connectivity index (χ2n) is 5.31. The van der Waals surface area contributed by atoms with Crippen molar-refractivity contribution in [2.24, 2.45) is 5.92 Å². The van der Waals surface area contributed by atoms with Gasteiger partial charge in [-0.05, 0) is 11.6 Å². The van der Waals surface area contributed by atoms with Crippen LogP contribution in [0.3, 0.4) is 0 Å². The van der Waals surface area contributed by atoms with Crippen LogP contribution in [-0.2, 0) is 4.74 Å². The molecule has 0 bridgehead atoms. The van der Waals surface area contributed by atoms with Gasteiger partial charge in [0.05, 0.1) is 24.6 Å². The number of halogens is 4. The van der Waals surface area contributed by atoms with E-state index in [-0.39, 0.29) is 27.9 Å². The summed E-state index contributed by atoms with van der Waals surface area (Å²) in [6.07, 6.45) is 0.386. The monoisotopic (exact) mass is 346 g/mol. The number of nitrogens with zero attached hydrogens (tertiary/aromatic N) is 4. The van der Waals surface area contributed by atoms with E-state index in [1.54, 1.807) is 4.90 Å². The number of hydrogen-bond acceptors (Lipinski definition) is 5. The predicted octanol–water partition coefficient (Wildman–Crippen LogP) is 2.64. The molecule has 4 rings (SSSR count). The number of rotatable bonds is 1. The van der Waals surface area contributed by atoms with Crippen LogP contribution in [0.5, 0.6) is 0 Å². The van der Waals surface area contributed by atoms with Gasteiger partial charge in [-0.25, -0.2) is 18.7 Å². The lowest BCUT2D eigenvalue weighted by molar-refractivity contribution is 0.131. The Bertz CT molecular complexity index is 762. The van der Waals surface area contributed by atoms with Gasteiger partial charge in [0, 0.05) is 18.7 Å². The largest absolute Gasteiger partial charge is 0.379 e. The van der Waals surface area contributed by atoms with E-state index in [4.69, 9.17) is 27.9 Å². The van der Waals surface area contributed by atoms with Crippen molar-refractivity contribution < 1.29 is 13.5 Å². The summed E-state index contributed by atoms with van der Waals surface area (Å²) in [5, 5.41) is -0.0624. The van der Waals surface area contributed by atoms with Gasteiger partial charge in [-0.1, -0.05) is 11.6 Å². The maximum atomic E-state index is 14.1. The fourth-order valence-electron chi connectivity index (χ4n) is 2.90. The van der Waals surface area contributed by atoms with Crippen LogP contribution in [0.15, 0.2) is 6.20 Å². The van der Waals surface area contributed by atoms with Gasteiger partial charge in [0.1, 0.15) is 17.5 Å². The molecule has 0 aromatic carbocycles. The van der Waals surface area contributed by atoms with E-state index < -0.39 is 12.0 Å². The van der Waals surface area contributed by atoms with Gasteiger partial charge in [0.2, 0.25) is 5.28 Å². The van der Waals surface area contributed by atoms with Gasteiger partial charge >= 0.3 is 0 Å². The predicted molar refractivity (Wildman–Crippen MR) is 77.7 cm³/mol. The Hall–Kier alpha value is -1.31. The highest BCUT2D eigenvalue weighted by Crippen LogP contribution is 2.44. The molecule has 0 spiro atoms. The zero-order valence-corrected chi connectivity index (χ0v) is 12.7. The van der Waals surface area contributed by atoms with Crippen molar-refractivity contribution >= 4 is 39.9 Å². The first-order valence-electron chi connectivity index (χ1n) is 6.73. The molecule has 2 aliphatic rings. The normalized spacial score (nSPS) is 27.6. The number of alkyl halides is 1. The highest BCUT2D eigenvalue weighted by molar-refractivity contribution is 6.30. The molecule has 1 aliphatic heterocycles. The van der Waals surface area contributed by atoms with Crippen molar-refractivity contribution in [2.75, 3.05) is 24.7 Å². The maximum Gasteiger partial charge on any atom is 0.225 e. The molecule has 1 aliphatic carbocycles. The fourth-order valence-corrected chi connectivity index (χ4v) is 3.20. The Kier molecular flexibility index (Phi) is 3.32. The maximum absolute atomic E-state index is 14.1. The van der Waals surface area contributed by atoms with Crippen molar-refractivity contribution in [3.05, 3.63) is 22.5 Å². The molecule has 0 radical (unpaired) electrons. The van der Waals surface area contributed by atoms with Crippen LogP contribution in [0.2, 0.25) is 10.4 Å². The van der Waals surface area contributed by atoms with Gasteiger partial charge in [-0.3, -0.25) is 0 Å². The van der Waals surface area contributed by atoms with Crippen LogP contribution in [0.25, 0.3) is 10.9 Å². The number of anilines is 1. The standard InChI is InChI=1S/C13H10Cl2F2N4O/c14-11-8(17)9-5(3-18-11)12(20-13(15)19-9)21-1-2-22-4-6-7(16)10(6)21/h3,6-7,10H,1-2,4H2/t6-,7-,10-/m0/s1. The smallest absolute Gasteiger partial charge is 0.225 e. The van der Waals surface area contributed by atoms with Crippen LogP contribution < -0.4 is 4.90 Å². The molecule has 3 heterocycles. The number of aromatic nitrogens is 3.